The second kappa shape index (κ2) is 9.31. The molecule has 5 nitrogen and oxygen atoms in total. The fourth-order valence-electron chi connectivity index (χ4n) is 2.76. The molecule has 156 valence electrons. The van der Waals surface area contributed by atoms with Crippen LogP contribution in [-0.4, -0.2) is 30.1 Å². The maximum atomic E-state index is 12.6. The fourth-order valence-corrected chi connectivity index (χ4v) is 2.89. The van der Waals surface area contributed by atoms with Crippen LogP contribution in [-0.2, 0) is 5.41 Å². The van der Waals surface area contributed by atoms with Crippen LogP contribution in [0.1, 0.15) is 56.1 Å². The number of carbonyl (C=O) groups is 2. The molecule has 1 amide bonds. The number of rotatable bonds is 5. The van der Waals surface area contributed by atoms with Gasteiger partial charge in [-0.1, -0.05) is 38.4 Å². The van der Waals surface area contributed by atoms with Crippen LogP contribution in [0.4, 0.5) is 4.79 Å². The number of carbonyl (C=O) groups excluding carboxylic acids is 2. The van der Waals surface area contributed by atoms with Gasteiger partial charge in [0, 0.05) is 18.1 Å². The quantitative estimate of drug-likeness (QED) is 0.441. The first kappa shape index (κ1) is 22.8. The molecule has 6 heteroatoms. The molecule has 0 bridgehead atoms. The highest BCUT2D eigenvalue weighted by Gasteiger charge is 2.24. The molecule has 2 aromatic carbocycles. The number of aryl methyl sites for hydroxylation is 1. The van der Waals surface area contributed by atoms with Gasteiger partial charge in [0.05, 0.1) is 5.56 Å². The molecule has 0 radical (unpaired) electrons. The molecule has 0 aromatic heterocycles. The van der Waals surface area contributed by atoms with Crippen LogP contribution in [0, 0.1) is 6.92 Å². The lowest BCUT2D eigenvalue weighted by atomic mass is 9.86. The maximum absolute atomic E-state index is 12.6. The summed E-state index contributed by atoms with van der Waals surface area (Å²) in [6, 6.07) is 10.1. The van der Waals surface area contributed by atoms with Crippen molar-refractivity contribution in [2.24, 2.45) is 0 Å². The Kier molecular flexibility index (Phi) is 7.31. The van der Waals surface area contributed by atoms with Gasteiger partial charge in [-0.25, -0.2) is 9.59 Å². The largest absolute Gasteiger partial charge is 0.419 e. The van der Waals surface area contributed by atoms with Gasteiger partial charge in [0.1, 0.15) is 0 Å². The van der Waals surface area contributed by atoms with E-state index in [0.29, 0.717) is 29.2 Å². The maximum Gasteiger partial charge on any atom is 0.415 e. The number of nitrogens with zero attached hydrogens (tertiary/aromatic N) is 1. The Morgan fingerprint density at radius 2 is 1.59 bits per heavy atom. The van der Waals surface area contributed by atoms with Gasteiger partial charge in [0.15, 0.2) is 11.5 Å². The molecule has 2 aromatic rings. The third-order valence-corrected chi connectivity index (χ3v) is 4.85. The molecule has 2 rings (SSSR count). The third kappa shape index (κ3) is 5.73. The Morgan fingerprint density at radius 3 is 2.10 bits per heavy atom. The van der Waals surface area contributed by atoms with Gasteiger partial charge < -0.3 is 14.4 Å². The lowest BCUT2D eigenvalue weighted by molar-refractivity contribution is 0.0726. The van der Waals surface area contributed by atoms with Gasteiger partial charge in [-0.15, -0.1) is 0 Å². The molecule has 0 atom stereocenters. The number of halogens is 1. The summed E-state index contributed by atoms with van der Waals surface area (Å²) in [6.45, 7) is 12.8. The molecule has 0 N–H and O–H groups in total. The number of amides is 1. The van der Waals surface area contributed by atoms with Crippen molar-refractivity contribution in [3.8, 4) is 11.5 Å². The first-order valence-corrected chi connectivity index (χ1v) is 10.0. The second-order valence-corrected chi connectivity index (χ2v) is 8.24. The lowest BCUT2D eigenvalue weighted by Gasteiger charge is -2.24. The summed E-state index contributed by atoms with van der Waals surface area (Å²) < 4.78 is 11.3. The molecule has 29 heavy (non-hydrogen) atoms. The average Bonchev–Trinajstić information content (AvgIpc) is 2.64. The fraction of sp³-hybridized carbons (Fsp3) is 0.391. The van der Waals surface area contributed by atoms with E-state index in [1.165, 1.54) is 0 Å². The Bertz CT molecular complexity index is 881. The van der Waals surface area contributed by atoms with Gasteiger partial charge in [-0.2, -0.15) is 0 Å². The van der Waals surface area contributed by atoms with Gasteiger partial charge in [-0.05, 0) is 67.6 Å². The van der Waals surface area contributed by atoms with E-state index in [9.17, 15) is 9.59 Å². The van der Waals surface area contributed by atoms with Crippen molar-refractivity contribution in [2.75, 3.05) is 13.1 Å². The van der Waals surface area contributed by atoms with Gasteiger partial charge >= 0.3 is 12.1 Å². The van der Waals surface area contributed by atoms with E-state index in [0.717, 1.165) is 5.56 Å². The minimum Gasteiger partial charge on any atom is -0.419 e. The summed E-state index contributed by atoms with van der Waals surface area (Å²) in [5.74, 6) is -0.0824. The number of esters is 1. The van der Waals surface area contributed by atoms with Crippen molar-refractivity contribution in [2.45, 2.75) is 47.0 Å². The predicted molar refractivity (Wildman–Crippen MR) is 115 cm³/mol. The Hall–Kier alpha value is -2.53. The normalized spacial score (nSPS) is 11.1. The van der Waals surface area contributed by atoms with Gasteiger partial charge in [0.2, 0.25) is 0 Å². The number of ether oxygens (including phenoxy) is 2. The smallest absolute Gasteiger partial charge is 0.415 e. The summed E-state index contributed by atoms with van der Waals surface area (Å²) in [5.41, 5.74) is 1.88. The zero-order valence-electron chi connectivity index (χ0n) is 17.8. The highest BCUT2D eigenvalue weighted by Crippen LogP contribution is 2.37. The first-order valence-electron chi connectivity index (χ1n) is 9.66. The van der Waals surface area contributed by atoms with E-state index in [4.69, 9.17) is 21.1 Å². The zero-order chi connectivity index (χ0) is 21.8. The van der Waals surface area contributed by atoms with Crippen LogP contribution in [0.2, 0.25) is 5.02 Å². The Balaban J connectivity index is 2.44. The van der Waals surface area contributed by atoms with Crippen LogP contribution < -0.4 is 9.47 Å². The van der Waals surface area contributed by atoms with Crippen molar-refractivity contribution in [1.82, 2.24) is 4.90 Å². The lowest BCUT2D eigenvalue weighted by Crippen LogP contribution is -2.33. The number of benzene rings is 2. The molecule has 0 aliphatic heterocycles. The average molecular weight is 418 g/mol. The van der Waals surface area contributed by atoms with Crippen molar-refractivity contribution >= 4 is 23.7 Å². The van der Waals surface area contributed by atoms with Crippen LogP contribution >= 0.6 is 11.6 Å². The molecule has 0 aliphatic rings. The molecular weight excluding hydrogens is 390 g/mol. The van der Waals surface area contributed by atoms with Crippen molar-refractivity contribution in [1.29, 1.82) is 0 Å². The SMILES string of the molecule is CCN(CC)C(=O)Oc1cc(C(C)(C)C)cc(C)c1OC(=O)c1ccc(Cl)cc1. The molecule has 0 fully saturated rings. The molecular formula is C23H28ClNO4. The number of hydrogen-bond acceptors (Lipinski definition) is 4. The van der Waals surface area contributed by atoms with Crippen molar-refractivity contribution < 1.29 is 19.1 Å². The summed E-state index contributed by atoms with van der Waals surface area (Å²) in [7, 11) is 0. The molecule has 0 heterocycles. The van der Waals surface area contributed by atoms with E-state index < -0.39 is 12.1 Å². The minimum absolute atomic E-state index is 0.167. The van der Waals surface area contributed by atoms with E-state index >= 15 is 0 Å². The Morgan fingerprint density at radius 1 is 1.00 bits per heavy atom. The molecule has 0 unspecified atom stereocenters. The van der Waals surface area contributed by atoms with Crippen molar-refractivity contribution in [3.05, 3.63) is 58.1 Å². The topological polar surface area (TPSA) is 55.8 Å². The summed E-state index contributed by atoms with van der Waals surface area (Å²) in [6.07, 6.45) is -0.482. The summed E-state index contributed by atoms with van der Waals surface area (Å²) in [5, 5.41) is 0.529. The predicted octanol–water partition coefficient (Wildman–Crippen LogP) is 6.01. The second-order valence-electron chi connectivity index (χ2n) is 7.81. The van der Waals surface area contributed by atoms with E-state index in [2.05, 4.69) is 20.8 Å². The van der Waals surface area contributed by atoms with Crippen LogP contribution in [0.25, 0.3) is 0 Å². The highest BCUT2D eigenvalue weighted by atomic mass is 35.5. The van der Waals surface area contributed by atoms with E-state index in [-0.39, 0.29) is 16.9 Å². The number of hydrogen-bond donors (Lipinski definition) is 0. The molecule has 0 saturated carbocycles. The van der Waals surface area contributed by atoms with Gasteiger partial charge in [0.25, 0.3) is 0 Å². The van der Waals surface area contributed by atoms with E-state index in [1.54, 1.807) is 35.2 Å². The third-order valence-electron chi connectivity index (χ3n) is 4.60. The molecule has 0 spiro atoms. The highest BCUT2D eigenvalue weighted by molar-refractivity contribution is 6.30. The standard InChI is InChI=1S/C23H28ClNO4/c1-7-25(8-2)22(27)28-19-14-17(23(4,5)6)13-15(3)20(19)29-21(26)16-9-11-18(24)12-10-16/h9-14H,7-8H2,1-6H3. The monoisotopic (exact) mass is 417 g/mol. The van der Waals surface area contributed by atoms with E-state index in [1.807, 2.05) is 26.8 Å². The van der Waals surface area contributed by atoms with Gasteiger partial charge in [-0.3, -0.25) is 0 Å². The molecule has 0 saturated heterocycles. The zero-order valence-corrected chi connectivity index (χ0v) is 18.6. The minimum atomic E-state index is -0.548. The van der Waals surface area contributed by atoms with Crippen LogP contribution in [0.15, 0.2) is 36.4 Å². The summed E-state index contributed by atoms with van der Waals surface area (Å²) in [4.78, 5) is 26.7. The van der Waals surface area contributed by atoms with Crippen LogP contribution in [0.5, 0.6) is 11.5 Å². The van der Waals surface area contributed by atoms with Crippen LogP contribution in [0.3, 0.4) is 0 Å². The molecule has 0 aliphatic carbocycles. The van der Waals surface area contributed by atoms with Crippen molar-refractivity contribution in [3.63, 3.8) is 0 Å². The Labute approximate surface area is 177 Å². The first-order chi connectivity index (χ1) is 13.6. The summed E-state index contributed by atoms with van der Waals surface area (Å²) >= 11 is 5.89.